The number of ether oxygens (including phenoxy) is 1. The highest BCUT2D eigenvalue weighted by atomic mass is 16.5. The van der Waals surface area contributed by atoms with Crippen LogP contribution in [-0.4, -0.2) is 27.3 Å². The third-order valence-electron chi connectivity index (χ3n) is 5.42. The van der Waals surface area contributed by atoms with Gasteiger partial charge in [0, 0.05) is 61.1 Å². The molecule has 4 nitrogen and oxygen atoms in total. The predicted octanol–water partition coefficient (Wildman–Crippen LogP) is 4.77. The molecule has 4 heteroatoms. The van der Waals surface area contributed by atoms with Crippen LogP contribution in [0.25, 0.3) is 22.2 Å². The van der Waals surface area contributed by atoms with E-state index >= 15 is 0 Å². The number of rotatable bonds is 3. The lowest BCUT2D eigenvalue weighted by Gasteiger charge is -2.25. The van der Waals surface area contributed by atoms with Gasteiger partial charge >= 0.3 is 0 Å². The molecule has 4 rings (SSSR count). The first-order valence-electron chi connectivity index (χ1n) is 9.63. The van der Waals surface area contributed by atoms with Gasteiger partial charge < -0.3 is 13.9 Å². The summed E-state index contributed by atoms with van der Waals surface area (Å²) in [5.74, 6) is 1.85. The van der Waals surface area contributed by atoms with E-state index in [1.165, 1.54) is 22.3 Å². The van der Waals surface area contributed by atoms with Crippen LogP contribution in [0.2, 0.25) is 0 Å². The van der Waals surface area contributed by atoms with Crippen molar-refractivity contribution < 1.29 is 4.74 Å². The van der Waals surface area contributed by atoms with Crippen molar-refractivity contribution in [2.24, 2.45) is 13.0 Å². The zero-order valence-electron chi connectivity index (χ0n) is 16.3. The number of fused-ring (bicyclic) bond motifs is 1. The molecule has 1 aliphatic rings. The van der Waals surface area contributed by atoms with Gasteiger partial charge in [-0.15, -0.1) is 0 Å². The van der Waals surface area contributed by atoms with E-state index in [4.69, 9.17) is 9.72 Å². The van der Waals surface area contributed by atoms with Gasteiger partial charge in [0.2, 0.25) is 0 Å². The van der Waals surface area contributed by atoms with Crippen LogP contribution >= 0.6 is 0 Å². The lowest BCUT2D eigenvalue weighted by molar-refractivity contribution is 0.0608. The van der Waals surface area contributed by atoms with E-state index in [-0.39, 0.29) is 5.41 Å². The monoisotopic (exact) mass is 351 g/mol. The van der Waals surface area contributed by atoms with Gasteiger partial charge in [0.25, 0.3) is 0 Å². The van der Waals surface area contributed by atoms with Crippen LogP contribution in [0.5, 0.6) is 0 Å². The molecule has 0 unspecified atom stereocenters. The molecular formula is C22H29N3O. The Labute approximate surface area is 155 Å². The summed E-state index contributed by atoms with van der Waals surface area (Å²) in [4.78, 5) is 5.10. The Hall–Kier alpha value is -2.07. The van der Waals surface area contributed by atoms with E-state index in [0.717, 1.165) is 38.3 Å². The minimum absolute atomic E-state index is 0.0218. The van der Waals surface area contributed by atoms with Gasteiger partial charge in [-0.25, -0.2) is 4.98 Å². The first-order valence-corrected chi connectivity index (χ1v) is 9.63. The Balaban J connectivity index is 1.77. The summed E-state index contributed by atoms with van der Waals surface area (Å²) < 4.78 is 10.1. The second-order valence-electron chi connectivity index (χ2n) is 8.58. The number of nitrogens with zero attached hydrogens (tertiary/aromatic N) is 3. The van der Waals surface area contributed by atoms with Gasteiger partial charge in [0.1, 0.15) is 5.82 Å². The molecule has 0 saturated carbocycles. The van der Waals surface area contributed by atoms with Crippen LogP contribution in [0, 0.1) is 5.92 Å². The molecular weight excluding hydrogens is 322 g/mol. The van der Waals surface area contributed by atoms with Gasteiger partial charge in [-0.05, 0) is 24.8 Å². The van der Waals surface area contributed by atoms with Crippen LogP contribution in [0.4, 0.5) is 0 Å². The number of para-hydroxylation sites is 1. The lowest BCUT2D eigenvalue weighted by atomic mass is 9.94. The van der Waals surface area contributed by atoms with Crippen LogP contribution < -0.4 is 0 Å². The molecule has 1 saturated heterocycles. The fourth-order valence-electron chi connectivity index (χ4n) is 4.04. The third-order valence-corrected chi connectivity index (χ3v) is 5.42. The quantitative estimate of drug-likeness (QED) is 0.681. The Bertz CT molecular complexity index is 907. The zero-order chi connectivity index (χ0) is 18.3. The van der Waals surface area contributed by atoms with E-state index in [1.807, 2.05) is 0 Å². The molecule has 2 aromatic heterocycles. The van der Waals surface area contributed by atoms with Crippen molar-refractivity contribution in [3.63, 3.8) is 0 Å². The summed E-state index contributed by atoms with van der Waals surface area (Å²) in [5, 5.41) is 1.27. The average molecular weight is 351 g/mol. The van der Waals surface area contributed by atoms with Crippen LogP contribution in [-0.2, 0) is 23.7 Å². The fourth-order valence-corrected chi connectivity index (χ4v) is 4.04. The van der Waals surface area contributed by atoms with Crippen molar-refractivity contribution >= 4 is 10.9 Å². The third kappa shape index (κ3) is 3.18. The van der Waals surface area contributed by atoms with Crippen LogP contribution in [0.1, 0.15) is 39.4 Å². The summed E-state index contributed by atoms with van der Waals surface area (Å²) >= 11 is 0. The number of aryl methyl sites for hydroxylation is 1. The average Bonchev–Trinajstić information content (AvgIpc) is 3.18. The number of hydrogen-bond acceptors (Lipinski definition) is 2. The minimum atomic E-state index is 0.0218. The summed E-state index contributed by atoms with van der Waals surface area (Å²) in [6.07, 6.45) is 6.76. The molecule has 0 aliphatic carbocycles. The molecule has 0 amide bonds. The van der Waals surface area contributed by atoms with Crippen molar-refractivity contribution in [3.05, 3.63) is 42.5 Å². The highest BCUT2D eigenvalue weighted by Crippen LogP contribution is 2.33. The van der Waals surface area contributed by atoms with Gasteiger partial charge in [-0.1, -0.05) is 39.0 Å². The highest BCUT2D eigenvalue weighted by molar-refractivity contribution is 5.95. The normalized spacial score (nSPS) is 16.5. The van der Waals surface area contributed by atoms with Gasteiger partial charge in [-0.2, -0.15) is 0 Å². The molecule has 1 aromatic carbocycles. The number of benzene rings is 1. The number of hydrogen-bond donors (Lipinski definition) is 0. The van der Waals surface area contributed by atoms with E-state index < -0.39 is 0 Å². The molecule has 3 aromatic rings. The van der Waals surface area contributed by atoms with Crippen LogP contribution in [0.3, 0.4) is 0 Å². The van der Waals surface area contributed by atoms with Crippen molar-refractivity contribution in [1.29, 1.82) is 0 Å². The second-order valence-corrected chi connectivity index (χ2v) is 8.58. The van der Waals surface area contributed by atoms with E-state index in [2.05, 4.69) is 73.6 Å². The Kier molecular flexibility index (Phi) is 4.39. The molecule has 0 radical (unpaired) electrons. The van der Waals surface area contributed by atoms with Gasteiger partial charge in [0.05, 0.1) is 5.69 Å². The maximum absolute atomic E-state index is 5.53. The molecule has 138 valence electrons. The molecule has 0 atom stereocenters. The largest absolute Gasteiger partial charge is 0.381 e. The molecule has 1 aliphatic heterocycles. The fraction of sp³-hybridized carbons (Fsp3) is 0.500. The predicted molar refractivity (Wildman–Crippen MR) is 106 cm³/mol. The highest BCUT2D eigenvalue weighted by Gasteiger charge is 2.25. The number of aromatic nitrogens is 3. The maximum Gasteiger partial charge on any atom is 0.114 e. The van der Waals surface area contributed by atoms with Crippen molar-refractivity contribution in [2.75, 3.05) is 13.2 Å². The first-order chi connectivity index (χ1) is 12.4. The molecule has 0 bridgehead atoms. The van der Waals surface area contributed by atoms with Crippen molar-refractivity contribution in [2.45, 2.75) is 45.6 Å². The van der Waals surface area contributed by atoms with E-state index in [0.29, 0.717) is 5.92 Å². The topological polar surface area (TPSA) is 32.0 Å². The Morgan fingerprint density at radius 2 is 1.85 bits per heavy atom. The molecule has 1 fully saturated rings. The molecule has 0 N–H and O–H groups in total. The first kappa shape index (κ1) is 17.3. The van der Waals surface area contributed by atoms with Crippen LogP contribution in [0.15, 0.2) is 36.7 Å². The standard InChI is InChI=1S/C22H29N3O/c1-22(2,3)21-23-19(15-25(21)13-16-9-11-26-12-10-16)18-14-24(4)20-8-6-5-7-17(18)20/h5-8,14-16H,9-13H2,1-4H3. The molecule has 26 heavy (non-hydrogen) atoms. The maximum atomic E-state index is 5.53. The van der Waals surface area contributed by atoms with Gasteiger partial charge in [-0.3, -0.25) is 0 Å². The Morgan fingerprint density at radius 3 is 2.58 bits per heavy atom. The second kappa shape index (κ2) is 6.58. The summed E-state index contributed by atoms with van der Waals surface area (Å²) in [7, 11) is 2.11. The lowest BCUT2D eigenvalue weighted by Crippen LogP contribution is -2.24. The summed E-state index contributed by atoms with van der Waals surface area (Å²) in [6.45, 7) is 9.57. The summed E-state index contributed by atoms with van der Waals surface area (Å²) in [5.41, 5.74) is 3.57. The minimum Gasteiger partial charge on any atom is -0.381 e. The Morgan fingerprint density at radius 1 is 1.12 bits per heavy atom. The van der Waals surface area contributed by atoms with E-state index in [1.54, 1.807) is 0 Å². The SMILES string of the molecule is Cn1cc(-c2cn(CC3CCOCC3)c(C(C)(C)C)n2)c2ccccc21. The van der Waals surface area contributed by atoms with Crippen molar-refractivity contribution in [3.8, 4) is 11.3 Å². The van der Waals surface area contributed by atoms with E-state index in [9.17, 15) is 0 Å². The molecule has 0 spiro atoms. The smallest absolute Gasteiger partial charge is 0.114 e. The number of imidazole rings is 1. The summed E-state index contributed by atoms with van der Waals surface area (Å²) in [6, 6.07) is 8.56. The van der Waals surface area contributed by atoms with Gasteiger partial charge in [0.15, 0.2) is 0 Å². The molecule has 3 heterocycles. The van der Waals surface area contributed by atoms with Crippen molar-refractivity contribution in [1.82, 2.24) is 14.1 Å². The zero-order valence-corrected chi connectivity index (χ0v) is 16.3.